The van der Waals surface area contributed by atoms with E-state index in [9.17, 15) is 13.2 Å². The van der Waals surface area contributed by atoms with E-state index in [1.54, 1.807) is 24.3 Å². The lowest BCUT2D eigenvalue weighted by atomic mass is 9.84. The lowest BCUT2D eigenvalue weighted by Gasteiger charge is -2.36. The highest BCUT2D eigenvalue weighted by molar-refractivity contribution is 5.30. The van der Waals surface area contributed by atoms with Crippen molar-refractivity contribution >= 4 is 0 Å². The molecule has 0 spiro atoms. The van der Waals surface area contributed by atoms with Gasteiger partial charge in [0.25, 0.3) is 0 Å². The fourth-order valence-electron chi connectivity index (χ4n) is 2.57. The van der Waals surface area contributed by atoms with Crippen LogP contribution in [-0.2, 0) is 5.54 Å². The number of nitrogens with one attached hydrogen (secondary N) is 1. The molecule has 0 saturated carbocycles. The van der Waals surface area contributed by atoms with Gasteiger partial charge < -0.3 is 0 Å². The van der Waals surface area contributed by atoms with Gasteiger partial charge in [0.15, 0.2) is 0 Å². The molecule has 1 aromatic rings. The van der Waals surface area contributed by atoms with Crippen LogP contribution >= 0.6 is 0 Å². The van der Waals surface area contributed by atoms with Crippen molar-refractivity contribution in [2.45, 2.75) is 44.3 Å². The molecule has 100 valence electrons. The van der Waals surface area contributed by atoms with E-state index >= 15 is 0 Å². The summed E-state index contributed by atoms with van der Waals surface area (Å²) in [6.07, 6.45) is -1.85. The van der Waals surface area contributed by atoms with Crippen LogP contribution in [0.4, 0.5) is 13.2 Å². The molecule has 1 N–H and O–H groups in total. The summed E-state index contributed by atoms with van der Waals surface area (Å²) < 4.78 is 40.5. The fraction of sp³-hybridized carbons (Fsp3) is 0.571. The number of halogens is 3. The van der Waals surface area contributed by atoms with Crippen molar-refractivity contribution in [2.24, 2.45) is 0 Å². The standard InChI is InChI=1S/C14H18F3N/c1-11-5-7-12(8-6-11)13(14(15,16)17)9-3-2-4-10-18-13/h5-8,18H,2-4,9-10H2,1H3. The van der Waals surface area contributed by atoms with Crippen LogP contribution < -0.4 is 5.32 Å². The predicted molar refractivity (Wildman–Crippen MR) is 65.4 cm³/mol. The van der Waals surface area contributed by atoms with Crippen LogP contribution in [0.15, 0.2) is 24.3 Å². The molecule has 18 heavy (non-hydrogen) atoms. The summed E-state index contributed by atoms with van der Waals surface area (Å²) in [5, 5.41) is 2.75. The molecule has 1 aliphatic heterocycles. The number of rotatable bonds is 1. The predicted octanol–water partition coefficient (Wildman–Crippen LogP) is 3.92. The summed E-state index contributed by atoms with van der Waals surface area (Å²) >= 11 is 0. The Morgan fingerprint density at radius 2 is 1.72 bits per heavy atom. The third kappa shape index (κ3) is 2.39. The minimum atomic E-state index is -4.26. The first-order valence-corrected chi connectivity index (χ1v) is 6.35. The average Bonchev–Trinajstić information content (AvgIpc) is 2.55. The molecule has 1 saturated heterocycles. The number of hydrogen-bond acceptors (Lipinski definition) is 1. The maximum absolute atomic E-state index is 13.5. The van der Waals surface area contributed by atoms with Crippen molar-refractivity contribution in [3.05, 3.63) is 35.4 Å². The van der Waals surface area contributed by atoms with Crippen LogP contribution in [0.2, 0.25) is 0 Å². The van der Waals surface area contributed by atoms with Gasteiger partial charge in [-0.15, -0.1) is 0 Å². The lowest BCUT2D eigenvalue weighted by molar-refractivity contribution is -0.202. The van der Waals surface area contributed by atoms with Crippen LogP contribution in [0.25, 0.3) is 0 Å². The molecule has 0 aromatic heterocycles. The van der Waals surface area contributed by atoms with Gasteiger partial charge in [0.1, 0.15) is 5.54 Å². The second kappa shape index (κ2) is 4.92. The Morgan fingerprint density at radius 1 is 1.06 bits per heavy atom. The van der Waals surface area contributed by atoms with E-state index in [4.69, 9.17) is 0 Å². The highest BCUT2D eigenvalue weighted by Crippen LogP contribution is 2.43. The van der Waals surface area contributed by atoms with Crippen molar-refractivity contribution in [1.29, 1.82) is 0 Å². The number of benzene rings is 1. The molecule has 0 aliphatic carbocycles. The number of hydrogen-bond donors (Lipinski definition) is 1. The summed E-state index contributed by atoms with van der Waals surface area (Å²) in [5.74, 6) is 0. The SMILES string of the molecule is Cc1ccc(C2(C(F)(F)F)CCCCCN2)cc1. The normalized spacial score (nSPS) is 25.8. The third-order valence-corrected chi connectivity index (χ3v) is 3.68. The summed E-state index contributed by atoms with van der Waals surface area (Å²) in [5.41, 5.74) is -0.552. The second-order valence-electron chi connectivity index (χ2n) is 5.01. The molecule has 0 radical (unpaired) electrons. The van der Waals surface area contributed by atoms with Gasteiger partial charge >= 0.3 is 6.18 Å². The third-order valence-electron chi connectivity index (χ3n) is 3.68. The molecule has 1 fully saturated rings. The molecule has 1 heterocycles. The molecule has 1 aromatic carbocycles. The van der Waals surface area contributed by atoms with E-state index in [1.165, 1.54) is 0 Å². The largest absolute Gasteiger partial charge is 0.410 e. The van der Waals surface area contributed by atoms with E-state index in [0.717, 1.165) is 18.4 Å². The van der Waals surface area contributed by atoms with E-state index in [1.807, 2.05) is 6.92 Å². The number of alkyl halides is 3. The van der Waals surface area contributed by atoms with Crippen molar-refractivity contribution in [3.63, 3.8) is 0 Å². The van der Waals surface area contributed by atoms with Gasteiger partial charge in [-0.05, 0) is 31.9 Å². The molecule has 0 bridgehead atoms. The molecule has 2 rings (SSSR count). The Labute approximate surface area is 105 Å². The van der Waals surface area contributed by atoms with Gasteiger partial charge in [0.05, 0.1) is 0 Å². The molecule has 0 amide bonds. The van der Waals surface area contributed by atoms with Gasteiger partial charge in [-0.2, -0.15) is 13.2 Å². The Hall–Kier alpha value is -1.03. The monoisotopic (exact) mass is 257 g/mol. The first-order valence-electron chi connectivity index (χ1n) is 6.35. The van der Waals surface area contributed by atoms with Crippen LogP contribution in [0.5, 0.6) is 0 Å². The summed E-state index contributed by atoms with van der Waals surface area (Å²) in [6.45, 7) is 2.30. The Kier molecular flexibility index (Phi) is 3.66. The Bertz CT molecular complexity index is 386. The zero-order valence-corrected chi connectivity index (χ0v) is 10.5. The highest BCUT2D eigenvalue weighted by Gasteiger charge is 2.55. The first kappa shape index (κ1) is 13.4. The van der Waals surface area contributed by atoms with Crippen molar-refractivity contribution in [2.75, 3.05) is 6.54 Å². The van der Waals surface area contributed by atoms with Gasteiger partial charge in [0, 0.05) is 0 Å². The smallest absolute Gasteiger partial charge is 0.300 e. The van der Waals surface area contributed by atoms with Gasteiger partial charge in [0.2, 0.25) is 0 Å². The molecule has 4 heteroatoms. The maximum Gasteiger partial charge on any atom is 0.410 e. The summed E-state index contributed by atoms with van der Waals surface area (Å²) in [6, 6.07) is 6.69. The van der Waals surface area contributed by atoms with Crippen molar-refractivity contribution in [3.8, 4) is 0 Å². The van der Waals surface area contributed by atoms with Crippen molar-refractivity contribution in [1.82, 2.24) is 5.32 Å². The summed E-state index contributed by atoms with van der Waals surface area (Å²) in [7, 11) is 0. The molecule has 1 unspecified atom stereocenters. The topological polar surface area (TPSA) is 12.0 Å². The minimum Gasteiger partial charge on any atom is -0.300 e. The zero-order valence-electron chi connectivity index (χ0n) is 10.5. The van der Waals surface area contributed by atoms with E-state index < -0.39 is 11.7 Å². The molecular formula is C14H18F3N. The van der Waals surface area contributed by atoms with E-state index in [2.05, 4.69) is 5.32 Å². The van der Waals surface area contributed by atoms with Crippen LogP contribution in [0.3, 0.4) is 0 Å². The lowest BCUT2D eigenvalue weighted by Crippen LogP contribution is -2.53. The molecule has 1 nitrogen and oxygen atoms in total. The molecule has 1 atom stereocenters. The first-order chi connectivity index (χ1) is 8.46. The second-order valence-corrected chi connectivity index (χ2v) is 5.01. The van der Waals surface area contributed by atoms with Gasteiger partial charge in [-0.25, -0.2) is 0 Å². The quantitative estimate of drug-likeness (QED) is 0.804. The molecular weight excluding hydrogens is 239 g/mol. The molecule has 1 aliphatic rings. The summed E-state index contributed by atoms with van der Waals surface area (Å²) in [4.78, 5) is 0. The van der Waals surface area contributed by atoms with Crippen LogP contribution in [0, 0.1) is 6.92 Å². The van der Waals surface area contributed by atoms with E-state index in [-0.39, 0.29) is 6.42 Å². The minimum absolute atomic E-state index is 0.125. The van der Waals surface area contributed by atoms with Crippen LogP contribution in [-0.4, -0.2) is 12.7 Å². The van der Waals surface area contributed by atoms with Gasteiger partial charge in [-0.3, -0.25) is 5.32 Å². The highest BCUT2D eigenvalue weighted by atomic mass is 19.4. The van der Waals surface area contributed by atoms with Crippen molar-refractivity contribution < 1.29 is 13.2 Å². The average molecular weight is 257 g/mol. The van der Waals surface area contributed by atoms with E-state index in [0.29, 0.717) is 18.5 Å². The maximum atomic E-state index is 13.5. The Morgan fingerprint density at radius 3 is 2.33 bits per heavy atom. The zero-order chi connectivity index (χ0) is 13.2. The van der Waals surface area contributed by atoms with Gasteiger partial charge in [-0.1, -0.05) is 42.7 Å². The van der Waals surface area contributed by atoms with Crippen LogP contribution in [0.1, 0.15) is 36.8 Å². The Balaban J connectivity index is 2.44. The fourth-order valence-corrected chi connectivity index (χ4v) is 2.57. The number of aryl methyl sites for hydroxylation is 1.